The lowest BCUT2D eigenvalue weighted by Gasteiger charge is -2.28. The minimum atomic E-state index is -0.567. The van der Waals surface area contributed by atoms with Gasteiger partial charge in [0, 0.05) is 29.9 Å². The SMILES string of the molecule is CC1=C(C(=O)Nc2ccccn2)C(c2cccc(OCc3ccccc3)c2)n2nc(-c3cccnc3)nc2N1. The maximum absolute atomic E-state index is 13.7. The second-order valence-corrected chi connectivity index (χ2v) is 9.03. The fourth-order valence-corrected chi connectivity index (χ4v) is 4.51. The quantitative estimate of drug-likeness (QED) is 0.305. The predicted molar refractivity (Wildman–Crippen MR) is 148 cm³/mol. The average molecular weight is 516 g/mol. The van der Waals surface area contributed by atoms with E-state index in [-0.39, 0.29) is 5.91 Å². The number of carbonyl (C=O) groups excluding carboxylic acids is 1. The fraction of sp³-hybridized carbons (Fsp3) is 0.100. The number of aromatic nitrogens is 5. The van der Waals surface area contributed by atoms with Gasteiger partial charge >= 0.3 is 0 Å². The van der Waals surface area contributed by atoms with Gasteiger partial charge in [-0.25, -0.2) is 9.67 Å². The molecule has 5 aromatic rings. The summed E-state index contributed by atoms with van der Waals surface area (Å²) in [5.41, 5.74) is 3.83. The van der Waals surface area contributed by atoms with E-state index in [1.54, 1.807) is 35.4 Å². The van der Waals surface area contributed by atoms with E-state index in [0.717, 1.165) is 16.7 Å². The molecule has 1 amide bonds. The lowest BCUT2D eigenvalue weighted by atomic mass is 9.95. The van der Waals surface area contributed by atoms with Crippen LogP contribution in [0.4, 0.5) is 11.8 Å². The number of hydrogen-bond donors (Lipinski definition) is 2. The Kier molecular flexibility index (Phi) is 6.53. The van der Waals surface area contributed by atoms with Crippen molar-refractivity contribution in [1.29, 1.82) is 0 Å². The molecular weight excluding hydrogens is 490 g/mol. The molecule has 0 aliphatic carbocycles. The molecule has 6 rings (SSSR count). The Bertz CT molecular complexity index is 1630. The van der Waals surface area contributed by atoms with Gasteiger partial charge in [0.15, 0.2) is 5.82 Å². The molecule has 1 atom stereocenters. The van der Waals surface area contributed by atoms with Crippen molar-refractivity contribution in [3.63, 3.8) is 0 Å². The predicted octanol–water partition coefficient (Wildman–Crippen LogP) is 5.24. The van der Waals surface area contributed by atoms with Gasteiger partial charge in [0.05, 0.1) is 5.57 Å². The number of amides is 1. The average Bonchev–Trinajstić information content (AvgIpc) is 3.40. The monoisotopic (exact) mass is 515 g/mol. The van der Waals surface area contributed by atoms with E-state index in [2.05, 4.69) is 20.6 Å². The lowest BCUT2D eigenvalue weighted by Crippen LogP contribution is -2.31. The minimum Gasteiger partial charge on any atom is -0.489 e. The van der Waals surface area contributed by atoms with E-state index in [0.29, 0.717) is 41.2 Å². The molecule has 0 saturated carbocycles. The van der Waals surface area contributed by atoms with Gasteiger partial charge in [-0.1, -0.05) is 48.5 Å². The summed E-state index contributed by atoms with van der Waals surface area (Å²) in [4.78, 5) is 26.9. The van der Waals surface area contributed by atoms with Crippen LogP contribution in [0.5, 0.6) is 5.75 Å². The molecule has 39 heavy (non-hydrogen) atoms. The first-order valence-electron chi connectivity index (χ1n) is 12.5. The summed E-state index contributed by atoms with van der Waals surface area (Å²) in [6, 6.07) is 26.2. The summed E-state index contributed by atoms with van der Waals surface area (Å²) in [7, 11) is 0. The number of nitrogens with zero attached hydrogens (tertiary/aromatic N) is 5. The van der Waals surface area contributed by atoms with E-state index >= 15 is 0 Å². The Balaban J connectivity index is 1.39. The number of pyridine rings is 2. The van der Waals surface area contributed by atoms with Crippen molar-refractivity contribution in [2.75, 3.05) is 10.6 Å². The lowest BCUT2D eigenvalue weighted by molar-refractivity contribution is -0.113. The first kappa shape index (κ1) is 24.1. The summed E-state index contributed by atoms with van der Waals surface area (Å²) in [6.45, 7) is 2.29. The van der Waals surface area contributed by atoms with Crippen molar-refractivity contribution >= 4 is 17.7 Å². The molecular formula is C30H25N7O2. The third-order valence-corrected chi connectivity index (χ3v) is 6.35. The van der Waals surface area contributed by atoms with Gasteiger partial charge in [-0.2, -0.15) is 4.98 Å². The Morgan fingerprint density at radius 1 is 1.00 bits per heavy atom. The Morgan fingerprint density at radius 3 is 2.67 bits per heavy atom. The number of rotatable bonds is 7. The van der Waals surface area contributed by atoms with Gasteiger partial charge in [-0.05, 0) is 54.4 Å². The maximum Gasteiger partial charge on any atom is 0.257 e. The zero-order chi connectivity index (χ0) is 26.6. The Morgan fingerprint density at radius 2 is 1.87 bits per heavy atom. The number of hydrogen-bond acceptors (Lipinski definition) is 7. The first-order chi connectivity index (χ1) is 19.2. The minimum absolute atomic E-state index is 0.289. The van der Waals surface area contributed by atoms with E-state index < -0.39 is 6.04 Å². The molecule has 0 bridgehead atoms. The Labute approximate surface area is 225 Å². The first-order valence-corrected chi connectivity index (χ1v) is 12.5. The molecule has 2 N–H and O–H groups in total. The highest BCUT2D eigenvalue weighted by Gasteiger charge is 2.35. The van der Waals surface area contributed by atoms with Crippen LogP contribution in [0.1, 0.15) is 24.1 Å². The molecule has 4 heterocycles. The van der Waals surface area contributed by atoms with Crippen LogP contribution in [0, 0.1) is 0 Å². The van der Waals surface area contributed by atoms with Crippen molar-refractivity contribution in [3.8, 4) is 17.1 Å². The van der Waals surface area contributed by atoms with Crippen molar-refractivity contribution in [2.45, 2.75) is 19.6 Å². The van der Waals surface area contributed by atoms with Crippen molar-refractivity contribution in [3.05, 3.63) is 126 Å². The Hall–Kier alpha value is -5.31. The second-order valence-electron chi connectivity index (χ2n) is 9.03. The molecule has 9 nitrogen and oxygen atoms in total. The van der Waals surface area contributed by atoms with Crippen LogP contribution in [0.3, 0.4) is 0 Å². The highest BCUT2D eigenvalue weighted by Crippen LogP contribution is 2.37. The summed E-state index contributed by atoms with van der Waals surface area (Å²) in [5.74, 6) is 1.89. The van der Waals surface area contributed by atoms with Crippen LogP contribution in [0.2, 0.25) is 0 Å². The molecule has 1 aliphatic heterocycles. The zero-order valence-corrected chi connectivity index (χ0v) is 21.2. The summed E-state index contributed by atoms with van der Waals surface area (Å²) in [5, 5.41) is 11.0. The summed E-state index contributed by atoms with van der Waals surface area (Å²) in [6.07, 6.45) is 5.05. The molecule has 1 aliphatic rings. The fourth-order valence-electron chi connectivity index (χ4n) is 4.51. The smallest absolute Gasteiger partial charge is 0.257 e. The van der Waals surface area contributed by atoms with Crippen LogP contribution in [0.25, 0.3) is 11.4 Å². The van der Waals surface area contributed by atoms with Crippen LogP contribution in [-0.2, 0) is 11.4 Å². The topological polar surface area (TPSA) is 107 Å². The molecule has 9 heteroatoms. The van der Waals surface area contributed by atoms with E-state index in [4.69, 9.17) is 14.8 Å². The normalized spacial score (nSPS) is 14.3. The van der Waals surface area contributed by atoms with Gasteiger partial charge < -0.3 is 15.4 Å². The number of allylic oxidation sites excluding steroid dienone is 1. The van der Waals surface area contributed by atoms with Gasteiger partial charge in [0.1, 0.15) is 24.2 Å². The van der Waals surface area contributed by atoms with Gasteiger partial charge in [-0.15, -0.1) is 5.10 Å². The second kappa shape index (κ2) is 10.6. The van der Waals surface area contributed by atoms with Crippen LogP contribution in [0.15, 0.2) is 115 Å². The number of benzene rings is 2. The van der Waals surface area contributed by atoms with E-state index in [1.807, 2.05) is 79.7 Å². The summed E-state index contributed by atoms with van der Waals surface area (Å²) >= 11 is 0. The number of anilines is 2. The molecule has 0 fully saturated rings. The molecule has 1 unspecified atom stereocenters. The van der Waals surface area contributed by atoms with Crippen LogP contribution < -0.4 is 15.4 Å². The molecule has 0 saturated heterocycles. The molecule has 3 aromatic heterocycles. The summed E-state index contributed by atoms with van der Waals surface area (Å²) < 4.78 is 7.84. The van der Waals surface area contributed by atoms with E-state index in [9.17, 15) is 4.79 Å². The van der Waals surface area contributed by atoms with Crippen molar-refractivity contribution < 1.29 is 9.53 Å². The van der Waals surface area contributed by atoms with Gasteiger partial charge in [0.25, 0.3) is 5.91 Å². The highest BCUT2D eigenvalue weighted by molar-refractivity contribution is 6.05. The van der Waals surface area contributed by atoms with Crippen molar-refractivity contribution in [2.24, 2.45) is 0 Å². The van der Waals surface area contributed by atoms with Gasteiger partial charge in [0.2, 0.25) is 5.95 Å². The van der Waals surface area contributed by atoms with E-state index in [1.165, 1.54) is 0 Å². The van der Waals surface area contributed by atoms with Crippen molar-refractivity contribution in [1.82, 2.24) is 24.7 Å². The molecule has 192 valence electrons. The zero-order valence-electron chi connectivity index (χ0n) is 21.2. The molecule has 0 spiro atoms. The number of ether oxygens (including phenoxy) is 1. The number of fused-ring (bicyclic) bond motifs is 1. The number of nitrogens with one attached hydrogen (secondary N) is 2. The standard InChI is InChI=1S/C30H25N7O2/c1-20-26(29(38)34-25-14-5-6-16-32-25)27(37-30(33-20)35-28(36-37)23-12-8-15-31-18-23)22-11-7-13-24(17-22)39-19-21-9-3-2-4-10-21/h2-18,27H,19H2,1H3,(H,32,34,38)(H,33,35,36). The van der Waals surface area contributed by atoms with Crippen LogP contribution in [-0.4, -0.2) is 30.6 Å². The number of carbonyl (C=O) groups is 1. The largest absolute Gasteiger partial charge is 0.489 e. The third-order valence-electron chi connectivity index (χ3n) is 6.35. The van der Waals surface area contributed by atoms with Crippen LogP contribution >= 0.6 is 0 Å². The third kappa shape index (κ3) is 5.10. The molecule has 2 aromatic carbocycles. The highest BCUT2D eigenvalue weighted by atomic mass is 16.5. The molecule has 0 radical (unpaired) electrons. The van der Waals surface area contributed by atoms with Gasteiger partial charge in [-0.3, -0.25) is 9.78 Å². The maximum atomic E-state index is 13.7.